The zero-order chi connectivity index (χ0) is 13.1. The van der Waals surface area contributed by atoms with E-state index in [1.165, 1.54) is 11.1 Å². The lowest BCUT2D eigenvalue weighted by atomic mass is 9.89. The summed E-state index contributed by atoms with van der Waals surface area (Å²) in [7, 11) is 0. The van der Waals surface area contributed by atoms with E-state index in [1.807, 2.05) is 6.07 Å². The van der Waals surface area contributed by atoms with Gasteiger partial charge in [-0.2, -0.15) is 0 Å². The monoisotopic (exact) mass is 263 g/mol. The molecule has 0 amide bonds. The van der Waals surface area contributed by atoms with Crippen LogP contribution in [0.3, 0.4) is 0 Å². The molecule has 2 aliphatic heterocycles. The van der Waals surface area contributed by atoms with E-state index in [2.05, 4.69) is 17.4 Å². The first kappa shape index (κ1) is 12.9. The lowest BCUT2D eigenvalue weighted by molar-refractivity contribution is 0.178. The molecule has 2 aliphatic rings. The standard InChI is InChI=1S/C16H22FNO/c17-15(13-5-8-18-9-6-13)3-1-12-2-4-16-14(11-12)7-10-19-16/h2,4,11,13,15,18H,1,3,5-10H2. The number of benzene rings is 1. The van der Waals surface area contributed by atoms with Gasteiger partial charge in [-0.25, -0.2) is 4.39 Å². The summed E-state index contributed by atoms with van der Waals surface area (Å²) in [6, 6.07) is 6.31. The maximum absolute atomic E-state index is 14.2. The van der Waals surface area contributed by atoms with Crippen molar-refractivity contribution in [1.29, 1.82) is 0 Å². The summed E-state index contributed by atoms with van der Waals surface area (Å²) in [5.41, 5.74) is 2.54. The Labute approximate surface area is 114 Å². The number of ether oxygens (including phenoxy) is 1. The second-order valence-electron chi connectivity index (χ2n) is 5.68. The van der Waals surface area contributed by atoms with E-state index in [-0.39, 0.29) is 5.92 Å². The van der Waals surface area contributed by atoms with Crippen LogP contribution in [0.25, 0.3) is 0 Å². The molecule has 2 nitrogen and oxygen atoms in total. The Morgan fingerprint density at radius 1 is 1.32 bits per heavy atom. The maximum Gasteiger partial charge on any atom is 0.122 e. The Bertz CT molecular complexity index is 429. The van der Waals surface area contributed by atoms with Crippen LogP contribution < -0.4 is 10.1 Å². The Kier molecular flexibility index (Phi) is 4.02. The number of aryl methyl sites for hydroxylation is 1. The predicted octanol–water partition coefficient (Wildman–Crippen LogP) is 2.89. The van der Waals surface area contributed by atoms with Crippen molar-refractivity contribution in [2.45, 2.75) is 38.3 Å². The largest absolute Gasteiger partial charge is 0.493 e. The highest BCUT2D eigenvalue weighted by Gasteiger charge is 2.23. The molecule has 3 heteroatoms. The number of fused-ring (bicyclic) bond motifs is 1. The van der Waals surface area contributed by atoms with Crippen molar-refractivity contribution in [3.8, 4) is 5.75 Å². The minimum Gasteiger partial charge on any atom is -0.493 e. The summed E-state index contributed by atoms with van der Waals surface area (Å²) >= 11 is 0. The van der Waals surface area contributed by atoms with Crippen LogP contribution in [0.15, 0.2) is 18.2 Å². The van der Waals surface area contributed by atoms with Crippen molar-refractivity contribution in [2.75, 3.05) is 19.7 Å². The van der Waals surface area contributed by atoms with Gasteiger partial charge in [0.05, 0.1) is 6.61 Å². The summed E-state index contributed by atoms with van der Waals surface area (Å²) in [4.78, 5) is 0. The van der Waals surface area contributed by atoms with Crippen molar-refractivity contribution < 1.29 is 9.13 Å². The minimum atomic E-state index is -0.647. The first-order chi connectivity index (χ1) is 9.33. The molecule has 0 radical (unpaired) electrons. The van der Waals surface area contributed by atoms with Gasteiger partial charge in [-0.15, -0.1) is 0 Å². The Hall–Kier alpha value is -1.09. The van der Waals surface area contributed by atoms with Gasteiger partial charge < -0.3 is 10.1 Å². The highest BCUT2D eigenvalue weighted by molar-refractivity contribution is 5.39. The Morgan fingerprint density at radius 2 is 2.16 bits per heavy atom. The summed E-state index contributed by atoms with van der Waals surface area (Å²) < 4.78 is 19.7. The number of rotatable bonds is 4. The fraction of sp³-hybridized carbons (Fsp3) is 0.625. The molecule has 1 aromatic carbocycles. The quantitative estimate of drug-likeness (QED) is 0.902. The summed E-state index contributed by atoms with van der Waals surface area (Å²) in [5, 5.41) is 3.29. The van der Waals surface area contributed by atoms with Crippen molar-refractivity contribution in [1.82, 2.24) is 5.32 Å². The van der Waals surface area contributed by atoms with E-state index in [9.17, 15) is 4.39 Å². The van der Waals surface area contributed by atoms with Gasteiger partial charge in [0.1, 0.15) is 11.9 Å². The second-order valence-corrected chi connectivity index (χ2v) is 5.68. The second kappa shape index (κ2) is 5.91. The van der Waals surface area contributed by atoms with Crippen LogP contribution in [0.5, 0.6) is 5.75 Å². The Balaban J connectivity index is 1.53. The molecule has 0 bridgehead atoms. The summed E-state index contributed by atoms with van der Waals surface area (Å²) in [5.74, 6) is 1.28. The molecule has 2 heterocycles. The van der Waals surface area contributed by atoms with Gasteiger partial charge in [0.15, 0.2) is 0 Å². The third kappa shape index (κ3) is 3.08. The molecule has 1 atom stereocenters. The molecule has 1 saturated heterocycles. The fourth-order valence-corrected chi connectivity index (χ4v) is 3.14. The van der Waals surface area contributed by atoms with Crippen LogP contribution in [0.2, 0.25) is 0 Å². The average Bonchev–Trinajstić information content (AvgIpc) is 2.93. The van der Waals surface area contributed by atoms with E-state index in [4.69, 9.17) is 4.74 Å². The molecule has 104 valence electrons. The van der Waals surface area contributed by atoms with Crippen LogP contribution >= 0.6 is 0 Å². The van der Waals surface area contributed by atoms with E-state index in [1.54, 1.807) is 0 Å². The molecular formula is C16H22FNO. The molecule has 0 aromatic heterocycles. The van der Waals surface area contributed by atoms with Crippen LogP contribution in [0.4, 0.5) is 4.39 Å². The molecule has 0 spiro atoms. The zero-order valence-corrected chi connectivity index (χ0v) is 11.3. The van der Waals surface area contributed by atoms with E-state index >= 15 is 0 Å². The lowest BCUT2D eigenvalue weighted by Gasteiger charge is -2.25. The molecule has 0 aliphatic carbocycles. The molecule has 1 unspecified atom stereocenters. The van der Waals surface area contributed by atoms with Crippen LogP contribution in [-0.4, -0.2) is 25.9 Å². The van der Waals surface area contributed by atoms with Crippen molar-refractivity contribution >= 4 is 0 Å². The minimum absolute atomic E-state index is 0.263. The third-order valence-electron chi connectivity index (χ3n) is 4.36. The topological polar surface area (TPSA) is 21.3 Å². The average molecular weight is 263 g/mol. The number of hydrogen-bond donors (Lipinski definition) is 1. The SMILES string of the molecule is FC(CCc1ccc2c(c1)CCO2)C1CCNCC1. The van der Waals surface area contributed by atoms with E-state index in [0.29, 0.717) is 6.42 Å². The third-order valence-corrected chi connectivity index (χ3v) is 4.36. The Morgan fingerprint density at radius 3 is 3.00 bits per heavy atom. The zero-order valence-electron chi connectivity index (χ0n) is 11.3. The van der Waals surface area contributed by atoms with E-state index in [0.717, 1.165) is 51.1 Å². The highest BCUT2D eigenvalue weighted by Crippen LogP contribution is 2.28. The smallest absolute Gasteiger partial charge is 0.122 e. The predicted molar refractivity (Wildman–Crippen MR) is 74.5 cm³/mol. The van der Waals surface area contributed by atoms with Crippen molar-refractivity contribution in [2.24, 2.45) is 5.92 Å². The van der Waals surface area contributed by atoms with Gasteiger partial charge in [-0.3, -0.25) is 0 Å². The fourth-order valence-electron chi connectivity index (χ4n) is 3.14. The number of halogens is 1. The van der Waals surface area contributed by atoms with Gasteiger partial charge >= 0.3 is 0 Å². The van der Waals surface area contributed by atoms with E-state index < -0.39 is 6.17 Å². The van der Waals surface area contributed by atoms with Gasteiger partial charge in [-0.1, -0.05) is 12.1 Å². The number of hydrogen-bond acceptors (Lipinski definition) is 2. The number of alkyl halides is 1. The highest BCUT2D eigenvalue weighted by atomic mass is 19.1. The van der Waals surface area contributed by atoms with Crippen molar-refractivity contribution in [3.63, 3.8) is 0 Å². The van der Waals surface area contributed by atoms with Gasteiger partial charge in [0.2, 0.25) is 0 Å². The van der Waals surface area contributed by atoms with Crippen molar-refractivity contribution in [3.05, 3.63) is 29.3 Å². The molecule has 1 aromatic rings. The van der Waals surface area contributed by atoms with Crippen LogP contribution in [-0.2, 0) is 12.8 Å². The molecule has 19 heavy (non-hydrogen) atoms. The van der Waals surface area contributed by atoms with Crippen LogP contribution in [0.1, 0.15) is 30.4 Å². The van der Waals surface area contributed by atoms with Gasteiger partial charge in [0.25, 0.3) is 0 Å². The molecular weight excluding hydrogens is 241 g/mol. The van der Waals surface area contributed by atoms with Gasteiger partial charge in [0, 0.05) is 6.42 Å². The first-order valence-corrected chi connectivity index (χ1v) is 7.42. The molecule has 1 fully saturated rings. The maximum atomic E-state index is 14.2. The number of piperidine rings is 1. The molecule has 1 N–H and O–H groups in total. The normalized spacial score (nSPS) is 20.9. The summed E-state index contributed by atoms with van der Waals surface area (Å²) in [6.07, 6.45) is 3.82. The van der Waals surface area contributed by atoms with Crippen LogP contribution in [0, 0.1) is 5.92 Å². The molecule has 0 saturated carbocycles. The number of nitrogens with one attached hydrogen (secondary N) is 1. The summed E-state index contributed by atoms with van der Waals surface area (Å²) in [6.45, 7) is 2.74. The molecule has 3 rings (SSSR count). The lowest BCUT2D eigenvalue weighted by Crippen LogP contribution is -2.32. The van der Waals surface area contributed by atoms with Gasteiger partial charge in [-0.05, 0) is 61.9 Å². The first-order valence-electron chi connectivity index (χ1n) is 7.42.